The first-order valence-electron chi connectivity index (χ1n) is 18.2. The van der Waals surface area contributed by atoms with Gasteiger partial charge < -0.3 is 9.47 Å². The summed E-state index contributed by atoms with van der Waals surface area (Å²) in [6.07, 6.45) is 3.68. The topological polar surface area (TPSA) is 64.7 Å². The maximum atomic E-state index is 4.93. The Morgan fingerprint density at radius 3 is 1.44 bits per heavy atom. The summed E-state index contributed by atoms with van der Waals surface area (Å²) in [7, 11) is 0. The van der Waals surface area contributed by atoms with Crippen molar-refractivity contribution in [3.8, 4) is 45.8 Å². The average molecular weight is 708 g/mol. The SMILES string of the molecule is c1ccc(-c2nc(-c3ccccc3)nc(-n3ccnc3-c3ccc(N(c4ccccc4)c4ccc(-n5c6ccccc6c6ccccc65)cc4)cc3)n2)cc1. The minimum atomic E-state index is 0.499. The normalized spacial score (nSPS) is 11.3. The predicted octanol–water partition coefficient (Wildman–Crippen LogP) is 11.6. The smallest absolute Gasteiger partial charge is 0.239 e. The number of hydrogen-bond acceptors (Lipinski definition) is 5. The zero-order valence-electron chi connectivity index (χ0n) is 29.7. The summed E-state index contributed by atoms with van der Waals surface area (Å²) in [5.41, 5.74) is 9.40. The van der Waals surface area contributed by atoms with E-state index in [1.165, 1.54) is 21.8 Å². The minimum Gasteiger partial charge on any atom is -0.311 e. The van der Waals surface area contributed by atoms with Crippen molar-refractivity contribution < 1.29 is 0 Å². The van der Waals surface area contributed by atoms with Crippen LogP contribution in [0.2, 0.25) is 0 Å². The Balaban J connectivity index is 1.02. The van der Waals surface area contributed by atoms with Crippen LogP contribution in [0, 0.1) is 0 Å². The molecule has 0 radical (unpaired) electrons. The average Bonchev–Trinajstić information content (AvgIpc) is 3.89. The van der Waals surface area contributed by atoms with Crippen molar-refractivity contribution in [3.05, 3.63) is 200 Å². The first-order chi connectivity index (χ1) is 27.3. The Labute approximate surface area is 318 Å². The van der Waals surface area contributed by atoms with E-state index in [-0.39, 0.29) is 0 Å². The quantitative estimate of drug-likeness (QED) is 0.157. The van der Waals surface area contributed by atoms with Crippen LogP contribution < -0.4 is 4.90 Å². The van der Waals surface area contributed by atoms with Gasteiger partial charge in [0.15, 0.2) is 11.6 Å². The lowest BCUT2D eigenvalue weighted by molar-refractivity contribution is 0.911. The summed E-state index contributed by atoms with van der Waals surface area (Å²) in [6, 6.07) is 64.9. The highest BCUT2D eigenvalue weighted by Crippen LogP contribution is 2.38. The molecular weight excluding hydrogens is 675 g/mol. The number of aromatic nitrogens is 6. The van der Waals surface area contributed by atoms with E-state index in [4.69, 9.17) is 19.9 Å². The van der Waals surface area contributed by atoms with Gasteiger partial charge in [0.05, 0.1) is 11.0 Å². The first kappa shape index (κ1) is 32.0. The van der Waals surface area contributed by atoms with E-state index in [0.29, 0.717) is 17.6 Å². The van der Waals surface area contributed by atoms with Crippen LogP contribution in [-0.4, -0.2) is 29.1 Å². The molecule has 0 saturated carbocycles. The maximum Gasteiger partial charge on any atom is 0.239 e. The van der Waals surface area contributed by atoms with Gasteiger partial charge in [0.1, 0.15) is 5.82 Å². The Morgan fingerprint density at radius 1 is 0.400 bits per heavy atom. The third-order valence-corrected chi connectivity index (χ3v) is 9.89. The molecule has 55 heavy (non-hydrogen) atoms. The van der Waals surface area contributed by atoms with E-state index < -0.39 is 0 Å². The van der Waals surface area contributed by atoms with Gasteiger partial charge in [-0.3, -0.25) is 4.57 Å². The maximum absolute atomic E-state index is 4.93. The monoisotopic (exact) mass is 707 g/mol. The molecule has 0 aliphatic carbocycles. The summed E-state index contributed by atoms with van der Waals surface area (Å²) in [4.78, 5) is 21.8. The fourth-order valence-corrected chi connectivity index (χ4v) is 7.32. The fourth-order valence-electron chi connectivity index (χ4n) is 7.32. The molecule has 0 saturated heterocycles. The van der Waals surface area contributed by atoms with Gasteiger partial charge in [-0.25, -0.2) is 9.97 Å². The van der Waals surface area contributed by atoms with Crippen molar-refractivity contribution in [2.75, 3.05) is 4.90 Å². The lowest BCUT2D eigenvalue weighted by Crippen LogP contribution is -2.10. The summed E-state index contributed by atoms with van der Waals surface area (Å²) in [5.74, 6) is 2.43. The van der Waals surface area contributed by atoms with Gasteiger partial charge in [0.2, 0.25) is 5.95 Å². The summed E-state index contributed by atoms with van der Waals surface area (Å²) < 4.78 is 4.27. The van der Waals surface area contributed by atoms with Crippen molar-refractivity contribution in [1.82, 2.24) is 29.1 Å². The van der Waals surface area contributed by atoms with Crippen LogP contribution >= 0.6 is 0 Å². The lowest BCUT2D eigenvalue weighted by Gasteiger charge is -2.26. The number of anilines is 3. The van der Waals surface area contributed by atoms with Gasteiger partial charge in [-0.2, -0.15) is 9.97 Å². The Bertz CT molecular complexity index is 2790. The van der Waals surface area contributed by atoms with Crippen molar-refractivity contribution in [3.63, 3.8) is 0 Å². The van der Waals surface area contributed by atoms with E-state index >= 15 is 0 Å². The largest absolute Gasteiger partial charge is 0.311 e. The highest BCUT2D eigenvalue weighted by Gasteiger charge is 2.18. The molecule has 7 nitrogen and oxygen atoms in total. The van der Waals surface area contributed by atoms with E-state index in [2.05, 4.69) is 131 Å². The van der Waals surface area contributed by atoms with Gasteiger partial charge in [-0.05, 0) is 72.8 Å². The molecule has 0 bridgehead atoms. The molecule has 0 aliphatic heterocycles. The standard InChI is InChI=1S/C48H33N7/c1-4-14-34(15-5-1)45-50-46(35-16-6-2-7-17-35)52-48(51-45)53-33-32-49-47(53)36-24-26-38(27-25-36)54(37-18-8-3-9-19-37)39-28-30-40(31-29-39)55-43-22-12-10-20-41(43)42-21-11-13-23-44(42)55/h1-33H. The molecule has 0 unspecified atom stereocenters. The van der Waals surface area contributed by atoms with Gasteiger partial charge in [-0.1, -0.05) is 115 Å². The minimum absolute atomic E-state index is 0.499. The molecule has 260 valence electrons. The molecule has 0 fully saturated rings. The summed E-state index contributed by atoms with van der Waals surface area (Å²) in [6.45, 7) is 0. The molecule has 0 spiro atoms. The molecule has 10 rings (SSSR count). The highest BCUT2D eigenvalue weighted by molar-refractivity contribution is 6.09. The predicted molar refractivity (Wildman–Crippen MR) is 222 cm³/mol. The Kier molecular flexibility index (Phi) is 8.00. The van der Waals surface area contributed by atoms with Crippen LogP contribution in [0.15, 0.2) is 200 Å². The zero-order valence-corrected chi connectivity index (χ0v) is 29.7. The number of nitrogens with zero attached hydrogens (tertiary/aromatic N) is 7. The third kappa shape index (κ3) is 5.90. The van der Waals surface area contributed by atoms with E-state index in [9.17, 15) is 0 Å². The van der Waals surface area contributed by atoms with Crippen molar-refractivity contribution >= 4 is 38.9 Å². The summed E-state index contributed by atoms with van der Waals surface area (Å²) in [5, 5.41) is 2.50. The molecule has 7 aromatic carbocycles. The van der Waals surface area contributed by atoms with Crippen molar-refractivity contribution in [2.45, 2.75) is 0 Å². The molecule has 0 N–H and O–H groups in total. The first-order valence-corrected chi connectivity index (χ1v) is 18.2. The number of rotatable bonds is 8. The van der Waals surface area contributed by atoms with Gasteiger partial charge >= 0.3 is 0 Å². The van der Waals surface area contributed by atoms with E-state index in [1.807, 2.05) is 77.5 Å². The highest BCUT2D eigenvalue weighted by atomic mass is 15.2. The molecule has 7 heteroatoms. The van der Waals surface area contributed by atoms with Gasteiger partial charge in [0, 0.05) is 62.6 Å². The number of imidazole rings is 1. The van der Waals surface area contributed by atoms with E-state index in [0.717, 1.165) is 45.3 Å². The fraction of sp³-hybridized carbons (Fsp3) is 0. The van der Waals surface area contributed by atoms with Crippen molar-refractivity contribution in [1.29, 1.82) is 0 Å². The number of para-hydroxylation sites is 3. The second-order valence-electron chi connectivity index (χ2n) is 13.2. The van der Waals surface area contributed by atoms with Crippen molar-refractivity contribution in [2.24, 2.45) is 0 Å². The number of hydrogen-bond donors (Lipinski definition) is 0. The second kappa shape index (κ2) is 13.7. The Hall–Kier alpha value is -7.64. The molecule has 0 atom stereocenters. The Morgan fingerprint density at radius 2 is 0.873 bits per heavy atom. The van der Waals surface area contributed by atoms with Crippen LogP contribution in [-0.2, 0) is 0 Å². The number of fused-ring (bicyclic) bond motifs is 3. The lowest BCUT2D eigenvalue weighted by atomic mass is 10.1. The molecule has 0 aliphatic rings. The van der Waals surface area contributed by atoms with Gasteiger partial charge in [-0.15, -0.1) is 0 Å². The molecule has 10 aromatic rings. The molecule has 0 amide bonds. The van der Waals surface area contributed by atoms with Gasteiger partial charge in [0.25, 0.3) is 0 Å². The van der Waals surface area contributed by atoms with E-state index in [1.54, 1.807) is 6.20 Å². The van der Waals surface area contributed by atoms with Crippen LogP contribution in [0.1, 0.15) is 0 Å². The third-order valence-electron chi connectivity index (χ3n) is 9.89. The van der Waals surface area contributed by atoms with Crippen LogP contribution in [0.3, 0.4) is 0 Å². The van der Waals surface area contributed by atoms with Crippen LogP contribution in [0.25, 0.3) is 67.6 Å². The van der Waals surface area contributed by atoms with Crippen LogP contribution in [0.5, 0.6) is 0 Å². The second-order valence-corrected chi connectivity index (χ2v) is 13.2. The molecular formula is C48H33N7. The van der Waals surface area contributed by atoms with Crippen LogP contribution in [0.4, 0.5) is 17.1 Å². The number of benzene rings is 7. The zero-order chi connectivity index (χ0) is 36.6. The summed E-state index contributed by atoms with van der Waals surface area (Å²) >= 11 is 0. The molecule has 3 heterocycles. The molecule has 3 aromatic heterocycles.